The van der Waals surface area contributed by atoms with Gasteiger partial charge in [0, 0.05) is 13.1 Å². The highest BCUT2D eigenvalue weighted by Gasteiger charge is 2.17. The lowest BCUT2D eigenvalue weighted by Crippen LogP contribution is -2.43. The van der Waals surface area contributed by atoms with Crippen molar-refractivity contribution in [2.24, 2.45) is 0 Å². The molecular formula is C14H18N2O3. The van der Waals surface area contributed by atoms with E-state index in [1.807, 2.05) is 6.07 Å². The van der Waals surface area contributed by atoms with Crippen LogP contribution in [0, 0.1) is 0 Å². The van der Waals surface area contributed by atoms with E-state index in [0.717, 1.165) is 25.9 Å². The van der Waals surface area contributed by atoms with Gasteiger partial charge in [-0.05, 0) is 31.4 Å². The first-order valence-corrected chi connectivity index (χ1v) is 6.54. The lowest BCUT2D eigenvalue weighted by Gasteiger charge is -2.26. The average Bonchev–Trinajstić information content (AvgIpc) is 2.47. The fourth-order valence-electron chi connectivity index (χ4n) is 2.03. The van der Waals surface area contributed by atoms with E-state index in [4.69, 9.17) is 4.74 Å². The lowest BCUT2D eigenvalue weighted by molar-refractivity contribution is -0.131. The third kappa shape index (κ3) is 4.28. The predicted molar refractivity (Wildman–Crippen MR) is 70.9 cm³/mol. The highest BCUT2D eigenvalue weighted by atomic mass is 16.6. The Bertz CT molecular complexity index is 428. The number of carbonyl (C=O) groups is 2. The van der Waals surface area contributed by atoms with Crippen molar-refractivity contribution in [2.45, 2.75) is 19.3 Å². The summed E-state index contributed by atoms with van der Waals surface area (Å²) < 4.78 is 5.03. The average molecular weight is 262 g/mol. The zero-order chi connectivity index (χ0) is 13.5. The van der Waals surface area contributed by atoms with Crippen molar-refractivity contribution in [3.63, 3.8) is 0 Å². The zero-order valence-electron chi connectivity index (χ0n) is 10.8. The molecule has 2 amide bonds. The second-order valence-corrected chi connectivity index (χ2v) is 4.50. The number of hydrogen-bond donors (Lipinski definition) is 1. The fourth-order valence-corrected chi connectivity index (χ4v) is 2.03. The number of ether oxygens (including phenoxy) is 1. The monoisotopic (exact) mass is 262 g/mol. The summed E-state index contributed by atoms with van der Waals surface area (Å²) in [5.74, 6) is 0.412. The van der Waals surface area contributed by atoms with Gasteiger partial charge in [-0.3, -0.25) is 4.79 Å². The molecular weight excluding hydrogens is 244 g/mol. The van der Waals surface area contributed by atoms with Crippen molar-refractivity contribution in [3.8, 4) is 5.75 Å². The number of nitrogens with one attached hydrogen (secondary N) is 1. The number of likely N-dealkylation sites (tertiary alicyclic amines) is 1. The Morgan fingerprint density at radius 1 is 1.11 bits per heavy atom. The van der Waals surface area contributed by atoms with Gasteiger partial charge in [0.15, 0.2) is 0 Å². The maximum atomic E-state index is 11.8. The van der Waals surface area contributed by atoms with Gasteiger partial charge in [0.1, 0.15) is 12.3 Å². The summed E-state index contributed by atoms with van der Waals surface area (Å²) in [5, 5.41) is 2.48. The molecule has 0 aromatic heterocycles. The molecule has 0 unspecified atom stereocenters. The number of piperidine rings is 1. The van der Waals surface area contributed by atoms with Crippen LogP contribution in [0.25, 0.3) is 0 Å². The molecule has 102 valence electrons. The van der Waals surface area contributed by atoms with Crippen molar-refractivity contribution in [1.82, 2.24) is 10.2 Å². The fraction of sp³-hybridized carbons (Fsp3) is 0.429. The summed E-state index contributed by atoms with van der Waals surface area (Å²) in [4.78, 5) is 25.1. The molecule has 1 N–H and O–H groups in total. The number of para-hydroxylation sites is 1. The highest BCUT2D eigenvalue weighted by molar-refractivity contribution is 5.82. The number of hydrogen-bond acceptors (Lipinski definition) is 3. The van der Waals surface area contributed by atoms with Crippen molar-refractivity contribution in [3.05, 3.63) is 30.3 Å². The van der Waals surface area contributed by atoms with Crippen LogP contribution in [-0.4, -0.2) is 36.5 Å². The minimum Gasteiger partial charge on any atom is -0.410 e. The summed E-state index contributed by atoms with van der Waals surface area (Å²) in [5.41, 5.74) is 0. The molecule has 0 aliphatic carbocycles. The predicted octanol–water partition coefficient (Wildman–Crippen LogP) is 1.79. The molecule has 1 aromatic carbocycles. The van der Waals surface area contributed by atoms with Crippen LogP contribution < -0.4 is 10.1 Å². The topological polar surface area (TPSA) is 58.6 Å². The Balaban J connectivity index is 1.72. The van der Waals surface area contributed by atoms with Crippen molar-refractivity contribution in [2.75, 3.05) is 19.6 Å². The quantitative estimate of drug-likeness (QED) is 0.903. The number of rotatable bonds is 3. The largest absolute Gasteiger partial charge is 0.413 e. The molecule has 19 heavy (non-hydrogen) atoms. The SMILES string of the molecule is O=C(NCC(=O)N1CCCCC1)Oc1ccccc1. The second-order valence-electron chi connectivity index (χ2n) is 4.50. The summed E-state index contributed by atoms with van der Waals surface area (Å²) in [6.07, 6.45) is 2.66. The Hall–Kier alpha value is -2.04. The molecule has 0 bridgehead atoms. The molecule has 0 saturated carbocycles. The molecule has 5 heteroatoms. The van der Waals surface area contributed by atoms with Crippen LogP contribution in [-0.2, 0) is 4.79 Å². The van der Waals surface area contributed by atoms with Crippen LogP contribution in [0.1, 0.15) is 19.3 Å². The summed E-state index contributed by atoms with van der Waals surface area (Å²) in [7, 11) is 0. The first kappa shape index (κ1) is 13.4. The molecule has 1 heterocycles. The standard InChI is InChI=1S/C14H18N2O3/c17-13(16-9-5-2-6-10-16)11-15-14(18)19-12-7-3-1-4-8-12/h1,3-4,7-8H,2,5-6,9-11H2,(H,15,18). The normalized spacial score (nSPS) is 14.8. The first-order valence-electron chi connectivity index (χ1n) is 6.54. The van der Waals surface area contributed by atoms with Gasteiger partial charge in [-0.15, -0.1) is 0 Å². The van der Waals surface area contributed by atoms with Crippen molar-refractivity contribution >= 4 is 12.0 Å². The number of benzene rings is 1. The third-order valence-electron chi connectivity index (χ3n) is 3.05. The van der Waals surface area contributed by atoms with Crippen LogP contribution in [0.15, 0.2) is 30.3 Å². The van der Waals surface area contributed by atoms with Gasteiger partial charge in [-0.1, -0.05) is 18.2 Å². The Kier molecular flexibility index (Phi) is 4.78. The van der Waals surface area contributed by atoms with Gasteiger partial charge >= 0.3 is 6.09 Å². The number of carbonyl (C=O) groups excluding carboxylic acids is 2. The van der Waals surface area contributed by atoms with Crippen LogP contribution in [0.3, 0.4) is 0 Å². The van der Waals surface area contributed by atoms with Crippen LogP contribution in [0.2, 0.25) is 0 Å². The maximum Gasteiger partial charge on any atom is 0.413 e. The Morgan fingerprint density at radius 2 is 1.79 bits per heavy atom. The van der Waals surface area contributed by atoms with Gasteiger partial charge in [-0.2, -0.15) is 0 Å². The molecule has 1 aromatic rings. The van der Waals surface area contributed by atoms with Gasteiger partial charge in [0.2, 0.25) is 5.91 Å². The van der Waals surface area contributed by atoms with E-state index in [2.05, 4.69) is 5.32 Å². The minimum absolute atomic E-state index is 0.00827. The second kappa shape index (κ2) is 6.78. The summed E-state index contributed by atoms with van der Waals surface area (Å²) in [6, 6.07) is 8.77. The van der Waals surface area contributed by atoms with Gasteiger partial charge in [-0.25, -0.2) is 4.79 Å². The van der Waals surface area contributed by atoms with E-state index in [-0.39, 0.29) is 12.5 Å². The maximum absolute atomic E-state index is 11.8. The van der Waals surface area contributed by atoms with Crippen LogP contribution in [0.4, 0.5) is 4.79 Å². The van der Waals surface area contributed by atoms with E-state index in [0.29, 0.717) is 5.75 Å². The van der Waals surface area contributed by atoms with Gasteiger partial charge in [0.25, 0.3) is 0 Å². The summed E-state index contributed by atoms with van der Waals surface area (Å²) in [6.45, 7) is 1.56. The van der Waals surface area contributed by atoms with Crippen molar-refractivity contribution in [1.29, 1.82) is 0 Å². The summed E-state index contributed by atoms with van der Waals surface area (Å²) >= 11 is 0. The third-order valence-corrected chi connectivity index (χ3v) is 3.05. The van der Waals surface area contributed by atoms with Gasteiger partial charge < -0.3 is 15.0 Å². The molecule has 5 nitrogen and oxygen atoms in total. The van der Waals surface area contributed by atoms with Crippen LogP contribution >= 0.6 is 0 Å². The van der Waals surface area contributed by atoms with E-state index < -0.39 is 6.09 Å². The molecule has 0 atom stereocenters. The van der Waals surface area contributed by atoms with Gasteiger partial charge in [0.05, 0.1) is 0 Å². The minimum atomic E-state index is -0.600. The lowest BCUT2D eigenvalue weighted by atomic mass is 10.1. The van der Waals surface area contributed by atoms with E-state index in [1.54, 1.807) is 29.2 Å². The molecule has 0 radical (unpaired) electrons. The number of amides is 2. The first-order chi connectivity index (χ1) is 9.25. The van der Waals surface area contributed by atoms with E-state index >= 15 is 0 Å². The molecule has 0 spiro atoms. The van der Waals surface area contributed by atoms with Crippen LogP contribution in [0.5, 0.6) is 5.75 Å². The molecule has 2 rings (SSSR count). The van der Waals surface area contributed by atoms with E-state index in [9.17, 15) is 9.59 Å². The molecule has 1 aliphatic heterocycles. The highest BCUT2D eigenvalue weighted by Crippen LogP contribution is 2.09. The number of nitrogens with zero attached hydrogens (tertiary/aromatic N) is 1. The molecule has 1 fully saturated rings. The molecule has 1 saturated heterocycles. The Morgan fingerprint density at radius 3 is 2.47 bits per heavy atom. The Labute approximate surface area is 112 Å². The van der Waals surface area contributed by atoms with Crippen molar-refractivity contribution < 1.29 is 14.3 Å². The zero-order valence-corrected chi connectivity index (χ0v) is 10.8. The smallest absolute Gasteiger partial charge is 0.410 e. The molecule has 1 aliphatic rings. The van der Waals surface area contributed by atoms with E-state index in [1.165, 1.54) is 6.42 Å².